The Hall–Kier alpha value is -2.27. The van der Waals surface area contributed by atoms with Crippen LogP contribution in [0.1, 0.15) is 33.8 Å². The van der Waals surface area contributed by atoms with Crippen molar-refractivity contribution < 1.29 is 14.0 Å². The maximum absolute atomic E-state index is 12.2. The molecule has 1 N–H and O–H groups in total. The lowest BCUT2D eigenvalue weighted by Gasteiger charge is -2.32. The average molecular weight is 333 g/mol. The van der Waals surface area contributed by atoms with Gasteiger partial charge in [-0.1, -0.05) is 23.7 Å². The topological polar surface area (TPSA) is 62.6 Å². The molecule has 0 bridgehead atoms. The lowest BCUT2D eigenvalue weighted by molar-refractivity contribution is 0.0667. The van der Waals surface area contributed by atoms with Crippen LogP contribution in [0.15, 0.2) is 47.1 Å². The Bertz CT molecular complexity index is 692. The second kappa shape index (κ2) is 6.87. The van der Waals surface area contributed by atoms with Crippen molar-refractivity contribution in [2.24, 2.45) is 0 Å². The van der Waals surface area contributed by atoms with Crippen molar-refractivity contribution in [1.29, 1.82) is 0 Å². The minimum Gasteiger partial charge on any atom is -0.459 e. The number of benzene rings is 1. The smallest absolute Gasteiger partial charge is 0.289 e. The summed E-state index contributed by atoms with van der Waals surface area (Å²) >= 11 is 6.03. The van der Waals surface area contributed by atoms with Gasteiger partial charge >= 0.3 is 0 Å². The molecule has 2 aromatic rings. The van der Waals surface area contributed by atoms with Crippen molar-refractivity contribution in [3.05, 3.63) is 59.0 Å². The summed E-state index contributed by atoms with van der Waals surface area (Å²) in [5, 5.41) is 3.43. The number of piperidine rings is 1. The predicted molar refractivity (Wildman–Crippen MR) is 86.6 cm³/mol. The van der Waals surface area contributed by atoms with Gasteiger partial charge in [-0.15, -0.1) is 0 Å². The molecular weight excluding hydrogens is 316 g/mol. The van der Waals surface area contributed by atoms with Crippen LogP contribution >= 0.6 is 11.6 Å². The highest BCUT2D eigenvalue weighted by molar-refractivity contribution is 6.33. The van der Waals surface area contributed by atoms with Crippen LogP contribution in [0, 0.1) is 0 Å². The number of halogens is 1. The highest BCUT2D eigenvalue weighted by Crippen LogP contribution is 2.17. The second-order valence-electron chi connectivity index (χ2n) is 5.50. The number of hydrogen-bond donors (Lipinski definition) is 1. The first-order valence-corrected chi connectivity index (χ1v) is 7.91. The average Bonchev–Trinajstić information content (AvgIpc) is 3.09. The Labute approximate surface area is 139 Å². The molecule has 3 rings (SSSR count). The molecule has 2 amide bonds. The van der Waals surface area contributed by atoms with E-state index in [9.17, 15) is 9.59 Å². The first-order valence-electron chi connectivity index (χ1n) is 7.53. The SMILES string of the molecule is O=C(NC1CCN(C(=O)c2ccco2)CC1)c1ccccc1Cl. The molecule has 120 valence electrons. The van der Waals surface area contributed by atoms with Crippen molar-refractivity contribution in [3.63, 3.8) is 0 Å². The normalized spacial score (nSPS) is 15.4. The Morgan fingerprint density at radius 2 is 1.87 bits per heavy atom. The number of hydrogen-bond acceptors (Lipinski definition) is 3. The molecule has 0 saturated carbocycles. The van der Waals surface area contributed by atoms with Gasteiger partial charge in [0.05, 0.1) is 16.8 Å². The van der Waals surface area contributed by atoms with Gasteiger partial charge in [0.2, 0.25) is 0 Å². The van der Waals surface area contributed by atoms with Crippen molar-refractivity contribution in [3.8, 4) is 0 Å². The highest BCUT2D eigenvalue weighted by Gasteiger charge is 2.26. The fourth-order valence-corrected chi connectivity index (χ4v) is 2.91. The summed E-state index contributed by atoms with van der Waals surface area (Å²) in [6, 6.07) is 10.4. The van der Waals surface area contributed by atoms with Crippen LogP contribution in [0.5, 0.6) is 0 Å². The summed E-state index contributed by atoms with van der Waals surface area (Å²) in [6.07, 6.45) is 2.91. The molecule has 0 atom stereocenters. The van der Waals surface area contributed by atoms with Gasteiger partial charge in [0.25, 0.3) is 11.8 Å². The zero-order chi connectivity index (χ0) is 16.2. The summed E-state index contributed by atoms with van der Waals surface area (Å²) in [5.74, 6) is 0.0702. The van der Waals surface area contributed by atoms with Gasteiger partial charge in [-0.25, -0.2) is 0 Å². The van der Waals surface area contributed by atoms with Crippen LogP contribution in [-0.2, 0) is 0 Å². The van der Waals surface area contributed by atoms with E-state index in [1.807, 2.05) is 0 Å². The van der Waals surface area contributed by atoms with Gasteiger partial charge in [0, 0.05) is 19.1 Å². The Morgan fingerprint density at radius 3 is 2.52 bits per heavy atom. The molecule has 23 heavy (non-hydrogen) atoms. The standard InChI is InChI=1S/C17H17ClN2O3/c18-14-5-2-1-4-13(14)16(21)19-12-7-9-20(10-8-12)17(22)15-6-3-11-23-15/h1-6,11-12H,7-10H2,(H,19,21). The second-order valence-corrected chi connectivity index (χ2v) is 5.90. The molecule has 1 aliphatic heterocycles. The van der Waals surface area contributed by atoms with Crippen LogP contribution in [-0.4, -0.2) is 35.8 Å². The van der Waals surface area contributed by atoms with E-state index in [1.54, 1.807) is 41.3 Å². The molecule has 1 aromatic heterocycles. The molecule has 1 fully saturated rings. The van der Waals surface area contributed by atoms with Crippen molar-refractivity contribution in [2.45, 2.75) is 18.9 Å². The summed E-state index contributed by atoms with van der Waals surface area (Å²) in [6.45, 7) is 1.18. The summed E-state index contributed by atoms with van der Waals surface area (Å²) < 4.78 is 5.14. The zero-order valence-electron chi connectivity index (χ0n) is 12.5. The molecule has 1 aliphatic rings. The first-order chi connectivity index (χ1) is 11.1. The molecular formula is C17H17ClN2O3. The number of nitrogens with zero attached hydrogens (tertiary/aromatic N) is 1. The number of likely N-dealkylation sites (tertiary alicyclic amines) is 1. The van der Waals surface area contributed by atoms with E-state index in [1.165, 1.54) is 6.26 Å². The van der Waals surface area contributed by atoms with E-state index >= 15 is 0 Å². The Balaban J connectivity index is 1.54. The van der Waals surface area contributed by atoms with E-state index < -0.39 is 0 Å². The molecule has 1 aromatic carbocycles. The minimum absolute atomic E-state index is 0.0411. The third-order valence-corrected chi connectivity index (χ3v) is 4.30. The van der Waals surface area contributed by atoms with Crippen molar-refractivity contribution in [1.82, 2.24) is 10.2 Å². The fourth-order valence-electron chi connectivity index (χ4n) is 2.69. The van der Waals surface area contributed by atoms with Crippen molar-refractivity contribution in [2.75, 3.05) is 13.1 Å². The quantitative estimate of drug-likeness (QED) is 0.940. The van der Waals surface area contributed by atoms with Crippen molar-refractivity contribution >= 4 is 23.4 Å². The van der Waals surface area contributed by atoms with E-state index in [4.69, 9.17) is 16.0 Å². The zero-order valence-corrected chi connectivity index (χ0v) is 13.3. The van der Waals surface area contributed by atoms with Crippen LogP contribution in [0.4, 0.5) is 0 Å². The molecule has 6 heteroatoms. The fraction of sp³-hybridized carbons (Fsp3) is 0.294. The van der Waals surface area contributed by atoms with Gasteiger partial charge in [-0.3, -0.25) is 9.59 Å². The number of nitrogens with one attached hydrogen (secondary N) is 1. The Morgan fingerprint density at radius 1 is 1.13 bits per heavy atom. The lowest BCUT2D eigenvalue weighted by atomic mass is 10.0. The van der Waals surface area contributed by atoms with E-state index in [0.717, 1.165) is 0 Å². The molecule has 0 spiro atoms. The van der Waals surface area contributed by atoms with Crippen LogP contribution in [0.3, 0.4) is 0 Å². The maximum atomic E-state index is 12.2. The third-order valence-electron chi connectivity index (χ3n) is 3.97. The molecule has 0 aliphatic carbocycles. The largest absolute Gasteiger partial charge is 0.459 e. The van der Waals surface area contributed by atoms with Crippen LogP contribution in [0.2, 0.25) is 5.02 Å². The number of carbonyl (C=O) groups is 2. The maximum Gasteiger partial charge on any atom is 0.289 e. The monoisotopic (exact) mass is 332 g/mol. The number of rotatable bonds is 3. The van der Waals surface area contributed by atoms with Crippen LogP contribution in [0.25, 0.3) is 0 Å². The van der Waals surface area contributed by atoms with Crippen LogP contribution < -0.4 is 5.32 Å². The van der Waals surface area contributed by atoms with Gasteiger partial charge in [0.1, 0.15) is 0 Å². The molecule has 5 nitrogen and oxygen atoms in total. The summed E-state index contributed by atoms with van der Waals surface area (Å²) in [5.41, 5.74) is 0.475. The first kappa shape index (κ1) is 15.6. The molecule has 2 heterocycles. The van der Waals surface area contributed by atoms with E-state index in [-0.39, 0.29) is 17.9 Å². The van der Waals surface area contributed by atoms with Gasteiger partial charge in [0.15, 0.2) is 5.76 Å². The van der Waals surface area contributed by atoms with Gasteiger partial charge in [-0.2, -0.15) is 0 Å². The Kier molecular flexibility index (Phi) is 4.67. The lowest BCUT2D eigenvalue weighted by Crippen LogP contribution is -2.46. The van der Waals surface area contributed by atoms with E-state index in [0.29, 0.717) is 42.3 Å². The van der Waals surface area contributed by atoms with Gasteiger partial charge < -0.3 is 14.6 Å². The van der Waals surface area contributed by atoms with E-state index in [2.05, 4.69) is 5.32 Å². The minimum atomic E-state index is -0.175. The molecule has 1 saturated heterocycles. The third kappa shape index (κ3) is 3.56. The summed E-state index contributed by atoms with van der Waals surface area (Å²) in [4.78, 5) is 26.2. The summed E-state index contributed by atoms with van der Waals surface area (Å²) in [7, 11) is 0. The predicted octanol–water partition coefficient (Wildman–Crippen LogP) is 2.97. The number of amides is 2. The molecule has 0 radical (unpaired) electrons. The highest BCUT2D eigenvalue weighted by atomic mass is 35.5. The number of furan rings is 1. The number of carbonyl (C=O) groups excluding carboxylic acids is 2. The van der Waals surface area contributed by atoms with Gasteiger partial charge in [-0.05, 0) is 37.1 Å². The molecule has 0 unspecified atom stereocenters.